The molecule has 0 bridgehead atoms. The molecule has 0 spiro atoms. The molecule has 0 unspecified atom stereocenters. The van der Waals surface area contributed by atoms with E-state index < -0.39 is 0 Å². The number of pyridine rings is 1. The zero-order chi connectivity index (χ0) is 13.5. The molecule has 0 saturated heterocycles. The van der Waals surface area contributed by atoms with Crippen LogP contribution in [0.4, 0.5) is 0 Å². The molecule has 0 saturated carbocycles. The van der Waals surface area contributed by atoms with E-state index in [1.165, 1.54) is 10.8 Å². The van der Waals surface area contributed by atoms with Crippen molar-refractivity contribution in [3.63, 3.8) is 0 Å². The maximum Gasteiger partial charge on any atom is 0.0794 e. The van der Waals surface area contributed by atoms with Gasteiger partial charge >= 0.3 is 0 Å². The van der Waals surface area contributed by atoms with Crippen molar-refractivity contribution in [2.45, 2.75) is 0 Å². The van der Waals surface area contributed by atoms with Gasteiger partial charge in [0.2, 0.25) is 0 Å². The molecule has 0 atom stereocenters. The summed E-state index contributed by atoms with van der Waals surface area (Å²) in [6, 6.07) is 20.9. The van der Waals surface area contributed by atoms with E-state index in [-0.39, 0.29) is 0 Å². The summed E-state index contributed by atoms with van der Waals surface area (Å²) in [5.41, 5.74) is 3.24. The monoisotopic (exact) mass is 255 g/mol. The van der Waals surface area contributed by atoms with E-state index in [2.05, 4.69) is 55.1 Å². The molecule has 1 heterocycles. The molecule has 0 amide bonds. The highest BCUT2D eigenvalue weighted by Crippen LogP contribution is 2.31. The Bertz CT molecular complexity index is 967. The summed E-state index contributed by atoms with van der Waals surface area (Å²) >= 11 is 0. The van der Waals surface area contributed by atoms with Crippen LogP contribution in [-0.4, -0.2) is 4.98 Å². The maximum atomic E-state index is 4.87. The SMILES string of the molecule is C=Cc1c2ccccc2nc2c1ccc1ccccc12. The van der Waals surface area contributed by atoms with Gasteiger partial charge in [0, 0.05) is 16.2 Å². The first-order valence-electron chi connectivity index (χ1n) is 6.71. The van der Waals surface area contributed by atoms with Gasteiger partial charge in [0.05, 0.1) is 11.0 Å². The average Bonchev–Trinajstić information content (AvgIpc) is 2.52. The van der Waals surface area contributed by atoms with Crippen molar-refractivity contribution in [1.29, 1.82) is 0 Å². The Hall–Kier alpha value is -2.67. The second-order valence-electron chi connectivity index (χ2n) is 4.93. The van der Waals surface area contributed by atoms with Crippen LogP contribution >= 0.6 is 0 Å². The van der Waals surface area contributed by atoms with Gasteiger partial charge in [0.15, 0.2) is 0 Å². The first kappa shape index (κ1) is 11.2. The number of aromatic nitrogens is 1. The molecular weight excluding hydrogens is 242 g/mol. The van der Waals surface area contributed by atoms with Crippen molar-refractivity contribution in [2.75, 3.05) is 0 Å². The Morgan fingerprint density at radius 1 is 0.750 bits per heavy atom. The minimum atomic E-state index is 1.02. The summed E-state index contributed by atoms with van der Waals surface area (Å²) in [4.78, 5) is 4.87. The van der Waals surface area contributed by atoms with Gasteiger partial charge in [-0.05, 0) is 17.0 Å². The van der Waals surface area contributed by atoms with Gasteiger partial charge < -0.3 is 0 Å². The fourth-order valence-electron chi connectivity index (χ4n) is 2.88. The molecule has 0 fully saturated rings. The highest BCUT2D eigenvalue weighted by molar-refractivity contribution is 6.12. The number of rotatable bonds is 1. The van der Waals surface area contributed by atoms with Gasteiger partial charge in [0.1, 0.15) is 0 Å². The summed E-state index contributed by atoms with van der Waals surface area (Å²) in [5.74, 6) is 0. The predicted molar refractivity (Wildman–Crippen MR) is 86.8 cm³/mol. The maximum absolute atomic E-state index is 4.87. The van der Waals surface area contributed by atoms with Crippen LogP contribution in [0.5, 0.6) is 0 Å². The zero-order valence-electron chi connectivity index (χ0n) is 11.0. The van der Waals surface area contributed by atoms with Gasteiger partial charge in [-0.1, -0.05) is 67.3 Å². The normalized spacial score (nSPS) is 11.2. The van der Waals surface area contributed by atoms with E-state index in [1.807, 2.05) is 18.2 Å². The molecular formula is C19H13N. The zero-order valence-corrected chi connectivity index (χ0v) is 11.0. The fraction of sp³-hybridized carbons (Fsp3) is 0. The van der Waals surface area contributed by atoms with Gasteiger partial charge in [0.25, 0.3) is 0 Å². The van der Waals surface area contributed by atoms with E-state index in [0.29, 0.717) is 0 Å². The van der Waals surface area contributed by atoms with Crippen molar-refractivity contribution in [3.05, 3.63) is 72.8 Å². The molecule has 3 aromatic carbocycles. The molecule has 1 aromatic heterocycles. The molecule has 0 aliphatic carbocycles. The van der Waals surface area contributed by atoms with Crippen molar-refractivity contribution in [2.24, 2.45) is 0 Å². The first-order valence-corrected chi connectivity index (χ1v) is 6.71. The quantitative estimate of drug-likeness (QED) is 0.337. The number of nitrogens with zero attached hydrogens (tertiary/aromatic N) is 1. The second kappa shape index (κ2) is 4.17. The molecule has 4 aromatic rings. The molecule has 0 radical (unpaired) electrons. The largest absolute Gasteiger partial charge is 0.247 e. The fourth-order valence-corrected chi connectivity index (χ4v) is 2.88. The Kier molecular flexibility index (Phi) is 2.33. The summed E-state index contributed by atoms with van der Waals surface area (Å²) in [5, 5.41) is 4.74. The molecule has 0 N–H and O–H groups in total. The number of hydrogen-bond donors (Lipinski definition) is 0. The third-order valence-electron chi connectivity index (χ3n) is 3.82. The van der Waals surface area contributed by atoms with E-state index >= 15 is 0 Å². The van der Waals surface area contributed by atoms with Crippen LogP contribution in [0.3, 0.4) is 0 Å². The van der Waals surface area contributed by atoms with Crippen LogP contribution in [0, 0.1) is 0 Å². The second-order valence-corrected chi connectivity index (χ2v) is 4.93. The van der Waals surface area contributed by atoms with Gasteiger partial charge in [-0.15, -0.1) is 0 Å². The minimum Gasteiger partial charge on any atom is -0.247 e. The van der Waals surface area contributed by atoms with Crippen molar-refractivity contribution >= 4 is 38.7 Å². The van der Waals surface area contributed by atoms with Crippen LogP contribution in [0.1, 0.15) is 5.56 Å². The van der Waals surface area contributed by atoms with Gasteiger partial charge in [-0.2, -0.15) is 0 Å². The van der Waals surface area contributed by atoms with Crippen molar-refractivity contribution in [1.82, 2.24) is 4.98 Å². The number of para-hydroxylation sites is 1. The lowest BCUT2D eigenvalue weighted by Crippen LogP contribution is -1.88. The van der Waals surface area contributed by atoms with Crippen molar-refractivity contribution < 1.29 is 0 Å². The summed E-state index contributed by atoms with van der Waals surface area (Å²) < 4.78 is 0. The topological polar surface area (TPSA) is 12.9 Å². The number of benzene rings is 3. The Balaban J connectivity index is 2.33. The lowest BCUT2D eigenvalue weighted by atomic mass is 9.99. The molecule has 94 valence electrons. The van der Waals surface area contributed by atoms with E-state index in [0.717, 1.165) is 27.4 Å². The van der Waals surface area contributed by atoms with E-state index in [9.17, 15) is 0 Å². The van der Waals surface area contributed by atoms with Crippen LogP contribution in [0.25, 0.3) is 38.7 Å². The Morgan fingerprint density at radius 3 is 2.35 bits per heavy atom. The van der Waals surface area contributed by atoms with Crippen LogP contribution < -0.4 is 0 Å². The average molecular weight is 255 g/mol. The summed E-state index contributed by atoms with van der Waals surface area (Å²) in [6.07, 6.45) is 1.93. The lowest BCUT2D eigenvalue weighted by Gasteiger charge is -2.09. The van der Waals surface area contributed by atoms with Gasteiger partial charge in [-0.25, -0.2) is 4.98 Å². The highest BCUT2D eigenvalue weighted by atomic mass is 14.7. The van der Waals surface area contributed by atoms with Crippen LogP contribution in [0.15, 0.2) is 67.2 Å². The third kappa shape index (κ3) is 1.47. The Morgan fingerprint density at radius 2 is 1.50 bits per heavy atom. The molecule has 0 aliphatic rings. The molecule has 0 aliphatic heterocycles. The molecule has 1 heteroatoms. The minimum absolute atomic E-state index is 1.02. The third-order valence-corrected chi connectivity index (χ3v) is 3.82. The van der Waals surface area contributed by atoms with Gasteiger partial charge in [-0.3, -0.25) is 0 Å². The van der Waals surface area contributed by atoms with Crippen LogP contribution in [-0.2, 0) is 0 Å². The van der Waals surface area contributed by atoms with Crippen molar-refractivity contribution in [3.8, 4) is 0 Å². The first-order chi connectivity index (χ1) is 9.88. The smallest absolute Gasteiger partial charge is 0.0794 e. The molecule has 20 heavy (non-hydrogen) atoms. The molecule has 4 rings (SSSR count). The highest BCUT2D eigenvalue weighted by Gasteiger charge is 2.08. The summed E-state index contributed by atoms with van der Waals surface area (Å²) in [7, 11) is 0. The predicted octanol–water partition coefficient (Wildman–Crippen LogP) is 5.18. The lowest BCUT2D eigenvalue weighted by molar-refractivity contribution is 1.51. The Labute approximate surface area is 117 Å². The number of hydrogen-bond acceptors (Lipinski definition) is 1. The standard InChI is InChI=1S/C19H13N/c1-2-14-16-9-5-6-10-18(16)20-19-15-8-4-3-7-13(15)11-12-17(14)19/h2-12H,1H2. The summed E-state index contributed by atoms with van der Waals surface area (Å²) in [6.45, 7) is 3.98. The molecule has 1 nitrogen and oxygen atoms in total. The van der Waals surface area contributed by atoms with E-state index in [1.54, 1.807) is 0 Å². The van der Waals surface area contributed by atoms with E-state index in [4.69, 9.17) is 4.98 Å². The number of fused-ring (bicyclic) bond motifs is 4. The van der Waals surface area contributed by atoms with Crippen LogP contribution in [0.2, 0.25) is 0 Å².